The Kier molecular flexibility index (Phi) is 5.62. The van der Waals surface area contributed by atoms with Crippen LogP contribution in [0.2, 0.25) is 0 Å². The Balaban J connectivity index is 3.25. The Bertz CT molecular complexity index is 103. The van der Waals surface area contributed by atoms with Gasteiger partial charge in [-0.05, 0) is 13.0 Å². The molecule has 0 bridgehead atoms. The van der Waals surface area contributed by atoms with E-state index in [9.17, 15) is 0 Å². The van der Waals surface area contributed by atoms with Gasteiger partial charge in [-0.3, -0.25) is 0 Å². The lowest BCUT2D eigenvalue weighted by atomic mass is 10.5. The lowest BCUT2D eigenvalue weighted by Crippen LogP contribution is -2.03. The molecule has 0 spiro atoms. The third kappa shape index (κ3) is 5.56. The zero-order valence-corrected chi connectivity index (χ0v) is 6.89. The number of ether oxygens (including phenoxy) is 1. The molecule has 0 aromatic heterocycles. The number of nitrogens with one attached hydrogen (secondary N) is 1. The molecule has 1 atom stereocenters. The normalized spacial score (nSPS) is 13.6. The van der Waals surface area contributed by atoms with E-state index >= 15 is 0 Å². The highest BCUT2D eigenvalue weighted by molar-refractivity contribution is 9.09. The van der Waals surface area contributed by atoms with Crippen LogP contribution >= 0.6 is 15.9 Å². The van der Waals surface area contributed by atoms with E-state index in [0.29, 0.717) is 0 Å². The highest BCUT2D eigenvalue weighted by atomic mass is 79.9. The van der Waals surface area contributed by atoms with E-state index in [1.165, 1.54) is 12.5 Å². The van der Waals surface area contributed by atoms with Crippen LogP contribution in [-0.4, -0.2) is 17.6 Å². The third-order valence-corrected chi connectivity index (χ3v) is 1.61. The van der Waals surface area contributed by atoms with Crippen molar-refractivity contribution < 1.29 is 4.74 Å². The first-order valence-corrected chi connectivity index (χ1v) is 3.80. The SMILES string of the molecule is CC(CBr)O/C=C\C=N. The van der Waals surface area contributed by atoms with Crippen molar-refractivity contribution in [1.82, 2.24) is 0 Å². The van der Waals surface area contributed by atoms with Crippen molar-refractivity contribution in [2.45, 2.75) is 13.0 Å². The van der Waals surface area contributed by atoms with Crippen molar-refractivity contribution in [3.63, 3.8) is 0 Å². The van der Waals surface area contributed by atoms with Gasteiger partial charge in [-0.2, -0.15) is 0 Å². The number of allylic oxidation sites excluding steroid dienone is 1. The molecule has 2 nitrogen and oxygen atoms in total. The van der Waals surface area contributed by atoms with Gasteiger partial charge < -0.3 is 10.1 Å². The molecule has 0 saturated heterocycles. The first-order valence-electron chi connectivity index (χ1n) is 2.68. The van der Waals surface area contributed by atoms with Crippen LogP contribution in [-0.2, 0) is 4.74 Å². The second kappa shape index (κ2) is 5.82. The maximum atomic E-state index is 6.60. The molecule has 0 aromatic carbocycles. The van der Waals surface area contributed by atoms with Gasteiger partial charge in [0.2, 0.25) is 0 Å². The summed E-state index contributed by atoms with van der Waals surface area (Å²) in [5, 5.41) is 7.42. The summed E-state index contributed by atoms with van der Waals surface area (Å²) in [7, 11) is 0. The number of alkyl halides is 1. The predicted octanol–water partition coefficient (Wildman–Crippen LogP) is 1.95. The van der Waals surface area contributed by atoms with Crippen molar-refractivity contribution in [3.8, 4) is 0 Å². The molecule has 0 saturated carbocycles. The number of hydrogen-bond acceptors (Lipinski definition) is 2. The van der Waals surface area contributed by atoms with Crippen LogP contribution in [0.1, 0.15) is 6.92 Å². The molecule has 0 fully saturated rings. The van der Waals surface area contributed by atoms with E-state index < -0.39 is 0 Å². The standard InChI is InChI=1S/C6H10BrNO/c1-6(5-7)9-4-2-3-8/h2-4,6,8H,5H2,1H3/b4-2-,8-3?. The number of hydrogen-bond donors (Lipinski definition) is 1. The molecule has 0 aliphatic carbocycles. The Morgan fingerprint density at radius 2 is 2.44 bits per heavy atom. The van der Waals surface area contributed by atoms with Gasteiger partial charge in [0, 0.05) is 11.5 Å². The van der Waals surface area contributed by atoms with Crippen LogP contribution in [0.15, 0.2) is 12.3 Å². The molecular formula is C6H10BrNO. The average molecular weight is 192 g/mol. The smallest absolute Gasteiger partial charge is 0.105 e. The molecule has 0 aliphatic rings. The highest BCUT2D eigenvalue weighted by Crippen LogP contribution is 1.94. The molecule has 0 aliphatic heterocycles. The Labute approximate surface area is 63.5 Å². The summed E-state index contributed by atoms with van der Waals surface area (Å²) < 4.78 is 5.05. The monoisotopic (exact) mass is 191 g/mol. The fraction of sp³-hybridized carbons (Fsp3) is 0.500. The topological polar surface area (TPSA) is 33.1 Å². The van der Waals surface area contributed by atoms with Crippen molar-refractivity contribution in [1.29, 1.82) is 5.41 Å². The summed E-state index contributed by atoms with van der Waals surface area (Å²) in [5.41, 5.74) is 0. The van der Waals surface area contributed by atoms with Crippen LogP contribution in [0, 0.1) is 5.41 Å². The second-order valence-corrected chi connectivity index (χ2v) is 2.24. The van der Waals surface area contributed by atoms with Crippen molar-refractivity contribution in [2.75, 3.05) is 5.33 Å². The fourth-order valence-electron chi connectivity index (χ4n) is 0.255. The summed E-state index contributed by atoms with van der Waals surface area (Å²) in [6.45, 7) is 1.95. The van der Waals surface area contributed by atoms with Gasteiger partial charge in [0.1, 0.15) is 6.10 Å². The Hall–Kier alpha value is -0.310. The maximum absolute atomic E-state index is 6.60. The van der Waals surface area contributed by atoms with Crippen LogP contribution in [0.5, 0.6) is 0 Å². The zero-order chi connectivity index (χ0) is 7.11. The average Bonchev–Trinajstić information content (AvgIpc) is 1.89. The van der Waals surface area contributed by atoms with Gasteiger partial charge in [-0.25, -0.2) is 0 Å². The lowest BCUT2D eigenvalue weighted by Gasteiger charge is -2.04. The predicted molar refractivity (Wildman–Crippen MR) is 42.3 cm³/mol. The number of halogens is 1. The second-order valence-electron chi connectivity index (χ2n) is 1.60. The minimum Gasteiger partial charge on any atom is -0.497 e. The van der Waals surface area contributed by atoms with Crippen molar-refractivity contribution in [2.24, 2.45) is 0 Å². The first kappa shape index (κ1) is 8.69. The van der Waals surface area contributed by atoms with Crippen LogP contribution in [0.4, 0.5) is 0 Å². The van der Waals surface area contributed by atoms with Gasteiger partial charge in [0.15, 0.2) is 0 Å². The van der Waals surface area contributed by atoms with E-state index in [1.54, 1.807) is 6.08 Å². The van der Waals surface area contributed by atoms with Crippen molar-refractivity contribution >= 4 is 22.1 Å². The third-order valence-electron chi connectivity index (χ3n) is 0.703. The van der Waals surface area contributed by atoms with E-state index in [-0.39, 0.29) is 6.10 Å². The Morgan fingerprint density at radius 1 is 1.78 bits per heavy atom. The van der Waals surface area contributed by atoms with Crippen LogP contribution < -0.4 is 0 Å². The molecule has 0 heterocycles. The molecule has 0 rings (SSSR count). The van der Waals surface area contributed by atoms with E-state index in [1.807, 2.05) is 6.92 Å². The minimum atomic E-state index is 0.182. The summed E-state index contributed by atoms with van der Waals surface area (Å²) in [6.07, 6.45) is 4.42. The summed E-state index contributed by atoms with van der Waals surface area (Å²) >= 11 is 3.25. The van der Waals surface area contributed by atoms with Gasteiger partial charge in [0.05, 0.1) is 6.26 Å². The van der Waals surface area contributed by atoms with Gasteiger partial charge >= 0.3 is 0 Å². The largest absolute Gasteiger partial charge is 0.497 e. The molecule has 1 N–H and O–H groups in total. The molecule has 1 unspecified atom stereocenters. The molecule has 0 radical (unpaired) electrons. The van der Waals surface area contributed by atoms with Crippen LogP contribution in [0.3, 0.4) is 0 Å². The Morgan fingerprint density at radius 3 is 2.89 bits per heavy atom. The van der Waals surface area contributed by atoms with Gasteiger partial charge in [-0.15, -0.1) is 0 Å². The first-order chi connectivity index (χ1) is 4.31. The van der Waals surface area contributed by atoms with E-state index in [2.05, 4.69) is 15.9 Å². The fourth-order valence-corrected chi connectivity index (χ4v) is 0.408. The summed E-state index contributed by atoms with van der Waals surface area (Å²) in [4.78, 5) is 0. The molecule has 52 valence electrons. The molecule has 9 heavy (non-hydrogen) atoms. The van der Waals surface area contributed by atoms with Crippen molar-refractivity contribution in [3.05, 3.63) is 12.3 Å². The molecule has 3 heteroatoms. The summed E-state index contributed by atoms with van der Waals surface area (Å²) in [6, 6.07) is 0. The minimum absolute atomic E-state index is 0.182. The number of rotatable bonds is 4. The quantitative estimate of drug-likeness (QED) is 0.412. The van der Waals surface area contributed by atoms with Gasteiger partial charge in [-0.1, -0.05) is 15.9 Å². The van der Waals surface area contributed by atoms with E-state index in [0.717, 1.165) is 5.33 Å². The molecular weight excluding hydrogens is 182 g/mol. The molecule has 0 aromatic rings. The highest BCUT2D eigenvalue weighted by Gasteiger charge is 1.92. The van der Waals surface area contributed by atoms with Gasteiger partial charge in [0.25, 0.3) is 0 Å². The maximum Gasteiger partial charge on any atom is 0.105 e. The summed E-state index contributed by atoms with van der Waals surface area (Å²) in [5.74, 6) is 0. The lowest BCUT2D eigenvalue weighted by molar-refractivity contribution is 0.185. The van der Waals surface area contributed by atoms with Crippen LogP contribution in [0.25, 0.3) is 0 Å². The molecule has 0 amide bonds. The van der Waals surface area contributed by atoms with E-state index in [4.69, 9.17) is 10.1 Å². The zero-order valence-electron chi connectivity index (χ0n) is 5.30.